The molecule has 7 heteroatoms. The van der Waals surface area contributed by atoms with Crippen molar-refractivity contribution in [2.75, 3.05) is 20.1 Å². The first-order valence-electron chi connectivity index (χ1n) is 7.47. The number of hydrogen-bond donors (Lipinski definition) is 1. The number of carbonyl (C=O) groups is 1. The molecule has 1 saturated heterocycles. The van der Waals surface area contributed by atoms with E-state index in [4.69, 9.17) is 9.84 Å². The van der Waals surface area contributed by atoms with Crippen molar-refractivity contribution in [2.45, 2.75) is 43.9 Å². The lowest BCUT2D eigenvalue weighted by Crippen LogP contribution is -2.57. The molecule has 0 saturated carbocycles. The average Bonchev–Trinajstić information content (AvgIpc) is 2.41. The van der Waals surface area contributed by atoms with Crippen LogP contribution in [0.2, 0.25) is 0 Å². The summed E-state index contributed by atoms with van der Waals surface area (Å²) in [5.74, 6) is -0.309. The largest absolute Gasteiger partial charge is 0.444 e. The molecule has 1 heterocycles. The van der Waals surface area contributed by atoms with E-state index in [0.717, 1.165) is 0 Å². The minimum Gasteiger partial charge on any atom is -0.444 e. The Bertz CT molecular complexity index is 571. The molecule has 2 rings (SSSR count). The maximum Gasteiger partial charge on any atom is 0.410 e. The second-order valence-corrected chi connectivity index (χ2v) is 7.74. The molecule has 0 aliphatic carbocycles. The van der Waals surface area contributed by atoms with Crippen molar-refractivity contribution in [2.24, 2.45) is 0 Å². The van der Waals surface area contributed by atoms with Gasteiger partial charge in [-0.05, 0) is 50.4 Å². The van der Waals surface area contributed by atoms with Crippen LogP contribution in [-0.4, -0.2) is 52.2 Å². The predicted molar refractivity (Wildman–Crippen MR) is 87.5 cm³/mol. The summed E-state index contributed by atoms with van der Waals surface area (Å²) in [6.07, 6.45) is -0.347. The molecule has 0 unspecified atom stereocenters. The van der Waals surface area contributed by atoms with Gasteiger partial charge >= 0.3 is 6.09 Å². The first-order chi connectivity index (χ1) is 10.7. The monoisotopic (exact) mass is 342 g/mol. The fraction of sp³-hybridized carbons (Fsp3) is 0.562. The number of hydrogen-bond acceptors (Lipinski definition) is 5. The topological polar surface area (TPSA) is 53.0 Å². The molecule has 128 valence electrons. The summed E-state index contributed by atoms with van der Waals surface area (Å²) in [7, 11) is 1.72. The van der Waals surface area contributed by atoms with Crippen LogP contribution in [0.5, 0.6) is 0 Å². The molecule has 0 bridgehead atoms. The quantitative estimate of drug-likeness (QED) is 0.853. The molecule has 23 heavy (non-hydrogen) atoms. The van der Waals surface area contributed by atoms with E-state index in [9.17, 15) is 9.18 Å². The molecule has 1 amide bonds. The molecule has 0 aromatic heterocycles. The summed E-state index contributed by atoms with van der Waals surface area (Å²) >= 11 is 1.30. The number of benzene rings is 1. The molecule has 1 fully saturated rings. The molecule has 0 atom stereocenters. The number of aliphatic hydroxyl groups excluding tert-OH is 1. The summed E-state index contributed by atoms with van der Waals surface area (Å²) < 4.78 is 21.1. The van der Waals surface area contributed by atoms with Gasteiger partial charge in [0.1, 0.15) is 11.4 Å². The van der Waals surface area contributed by atoms with Gasteiger partial charge in [-0.25, -0.2) is 13.5 Å². The second kappa shape index (κ2) is 7.07. The zero-order chi connectivity index (χ0) is 17.2. The number of aliphatic hydroxyl groups is 1. The van der Waals surface area contributed by atoms with Crippen LogP contribution in [0.3, 0.4) is 0 Å². The molecule has 1 aliphatic rings. The molecule has 1 aromatic carbocycles. The van der Waals surface area contributed by atoms with Gasteiger partial charge in [0, 0.05) is 20.1 Å². The Hall–Kier alpha value is -1.31. The van der Waals surface area contributed by atoms with Crippen LogP contribution in [-0.2, 0) is 11.3 Å². The van der Waals surface area contributed by atoms with Gasteiger partial charge in [-0.3, -0.25) is 0 Å². The second-order valence-electron chi connectivity index (χ2n) is 6.61. The van der Waals surface area contributed by atoms with E-state index in [-0.39, 0.29) is 24.6 Å². The number of rotatable bonds is 4. The van der Waals surface area contributed by atoms with Gasteiger partial charge in [0.25, 0.3) is 0 Å². The van der Waals surface area contributed by atoms with Gasteiger partial charge in [-0.15, -0.1) is 0 Å². The molecule has 0 radical (unpaired) electrons. The summed E-state index contributed by atoms with van der Waals surface area (Å²) in [6, 6.07) is 4.62. The highest BCUT2D eigenvalue weighted by Crippen LogP contribution is 2.32. The Balaban J connectivity index is 1.86. The molecule has 1 aromatic rings. The van der Waals surface area contributed by atoms with Gasteiger partial charge in [0.2, 0.25) is 0 Å². The standard InChI is InChI=1S/C16H23FN2O3S/c1-16(2,3)22-15(21)18(4)12-8-19(9-12)23-14-7-11(10-20)5-6-13(14)17/h5-7,12,20H,8-10H2,1-4H3. The maximum absolute atomic E-state index is 13.8. The third-order valence-corrected chi connectivity index (χ3v) is 4.53. The molecule has 5 nitrogen and oxygen atoms in total. The van der Waals surface area contributed by atoms with Gasteiger partial charge in [-0.2, -0.15) is 0 Å². The Kier molecular flexibility index (Phi) is 5.54. The van der Waals surface area contributed by atoms with Gasteiger partial charge in [0.05, 0.1) is 17.5 Å². The number of carbonyl (C=O) groups excluding carboxylic acids is 1. The zero-order valence-corrected chi connectivity index (χ0v) is 14.7. The highest BCUT2D eigenvalue weighted by Gasteiger charge is 2.35. The third-order valence-electron chi connectivity index (χ3n) is 3.46. The first kappa shape index (κ1) is 18.0. The van der Waals surface area contributed by atoms with E-state index in [2.05, 4.69) is 0 Å². The van der Waals surface area contributed by atoms with Crippen molar-refractivity contribution in [3.8, 4) is 0 Å². The van der Waals surface area contributed by atoms with E-state index in [1.807, 2.05) is 25.1 Å². The van der Waals surface area contributed by atoms with Crippen molar-refractivity contribution in [3.05, 3.63) is 29.6 Å². The van der Waals surface area contributed by atoms with Crippen LogP contribution in [0.25, 0.3) is 0 Å². The lowest BCUT2D eigenvalue weighted by atomic mass is 10.1. The number of nitrogens with zero attached hydrogens (tertiary/aromatic N) is 2. The highest BCUT2D eigenvalue weighted by molar-refractivity contribution is 7.97. The summed E-state index contributed by atoms with van der Waals surface area (Å²) in [4.78, 5) is 14.1. The van der Waals surface area contributed by atoms with Crippen molar-refractivity contribution in [1.82, 2.24) is 9.21 Å². The van der Waals surface area contributed by atoms with E-state index in [1.165, 1.54) is 18.0 Å². The molecule has 0 spiro atoms. The molecular formula is C16H23FN2O3S. The van der Waals surface area contributed by atoms with Gasteiger partial charge < -0.3 is 14.7 Å². The number of amides is 1. The Morgan fingerprint density at radius 1 is 1.48 bits per heavy atom. The van der Waals surface area contributed by atoms with Crippen molar-refractivity contribution >= 4 is 18.0 Å². The van der Waals surface area contributed by atoms with Crippen molar-refractivity contribution in [1.29, 1.82) is 0 Å². The first-order valence-corrected chi connectivity index (χ1v) is 8.25. The number of ether oxygens (including phenoxy) is 1. The van der Waals surface area contributed by atoms with Crippen LogP contribution in [0.15, 0.2) is 23.1 Å². The van der Waals surface area contributed by atoms with Crippen LogP contribution >= 0.6 is 11.9 Å². The normalized spacial score (nSPS) is 16.1. The lowest BCUT2D eigenvalue weighted by molar-refractivity contribution is 0.0102. The van der Waals surface area contributed by atoms with Crippen LogP contribution < -0.4 is 0 Å². The van der Waals surface area contributed by atoms with Crippen molar-refractivity contribution < 1.29 is 19.0 Å². The van der Waals surface area contributed by atoms with E-state index < -0.39 is 5.60 Å². The Morgan fingerprint density at radius 3 is 2.70 bits per heavy atom. The van der Waals surface area contributed by atoms with Crippen LogP contribution in [0, 0.1) is 5.82 Å². The van der Waals surface area contributed by atoms with Crippen LogP contribution in [0.4, 0.5) is 9.18 Å². The van der Waals surface area contributed by atoms with E-state index in [0.29, 0.717) is 23.5 Å². The average molecular weight is 342 g/mol. The Labute approximate surface area is 140 Å². The fourth-order valence-corrected chi connectivity index (χ4v) is 3.21. The van der Waals surface area contributed by atoms with Crippen molar-refractivity contribution in [3.63, 3.8) is 0 Å². The Morgan fingerprint density at radius 2 is 2.13 bits per heavy atom. The van der Waals surface area contributed by atoms with E-state index in [1.54, 1.807) is 24.1 Å². The smallest absolute Gasteiger partial charge is 0.410 e. The fourth-order valence-electron chi connectivity index (χ4n) is 2.07. The minimum atomic E-state index is -0.516. The number of likely N-dealkylation sites (N-methyl/N-ethyl adjacent to an activating group) is 1. The van der Waals surface area contributed by atoms with Crippen LogP contribution in [0.1, 0.15) is 26.3 Å². The summed E-state index contributed by atoms with van der Waals surface area (Å²) in [5.41, 5.74) is 0.161. The minimum absolute atomic E-state index is 0.0569. The third kappa shape index (κ3) is 4.83. The van der Waals surface area contributed by atoms with Gasteiger partial charge in [0.15, 0.2) is 0 Å². The highest BCUT2D eigenvalue weighted by atomic mass is 32.2. The molecule has 1 N–H and O–H groups in total. The zero-order valence-electron chi connectivity index (χ0n) is 13.9. The SMILES string of the molecule is CN(C(=O)OC(C)(C)C)C1CN(Sc2cc(CO)ccc2F)C1. The maximum atomic E-state index is 13.8. The van der Waals surface area contributed by atoms with E-state index >= 15 is 0 Å². The lowest BCUT2D eigenvalue weighted by Gasteiger charge is -2.43. The summed E-state index contributed by atoms with van der Waals surface area (Å²) in [6.45, 7) is 6.67. The summed E-state index contributed by atoms with van der Waals surface area (Å²) in [5, 5.41) is 9.12. The molecular weight excluding hydrogens is 319 g/mol. The molecule has 1 aliphatic heterocycles. The van der Waals surface area contributed by atoms with Gasteiger partial charge in [-0.1, -0.05) is 6.07 Å². The number of halogens is 1. The predicted octanol–water partition coefficient (Wildman–Crippen LogP) is 2.88.